The van der Waals surface area contributed by atoms with Crippen LogP contribution in [0.5, 0.6) is 0 Å². The highest BCUT2D eigenvalue weighted by atomic mass is 15.3. The second-order valence-corrected chi connectivity index (χ2v) is 6.50. The maximum Gasteiger partial charge on any atom is 0.0113 e. The zero-order valence-electron chi connectivity index (χ0n) is 11.9. The van der Waals surface area contributed by atoms with Crippen molar-refractivity contribution in [1.29, 1.82) is 0 Å². The Kier molecular flexibility index (Phi) is 4.22. The number of hydrogen-bond acceptors (Lipinski definition) is 3. The quantitative estimate of drug-likeness (QED) is 0.800. The Bertz CT molecular complexity index is 256. The average molecular weight is 251 g/mol. The SMILES string of the molecule is CCNC1CCC(N2CCN(CC3CC3)CC2)C1. The molecule has 2 atom stereocenters. The van der Waals surface area contributed by atoms with E-state index in [1.807, 2.05) is 0 Å². The number of nitrogens with one attached hydrogen (secondary N) is 1. The molecule has 0 radical (unpaired) electrons. The van der Waals surface area contributed by atoms with E-state index in [1.54, 1.807) is 0 Å². The van der Waals surface area contributed by atoms with Gasteiger partial charge in [0, 0.05) is 44.8 Å². The highest BCUT2D eigenvalue weighted by Gasteiger charge is 2.32. The Balaban J connectivity index is 1.39. The van der Waals surface area contributed by atoms with E-state index in [0.29, 0.717) is 0 Å². The lowest BCUT2D eigenvalue weighted by atomic mass is 10.1. The summed E-state index contributed by atoms with van der Waals surface area (Å²) in [5.41, 5.74) is 0. The second-order valence-electron chi connectivity index (χ2n) is 6.50. The van der Waals surface area contributed by atoms with Crippen molar-refractivity contribution < 1.29 is 0 Å². The van der Waals surface area contributed by atoms with Crippen molar-refractivity contribution in [3.63, 3.8) is 0 Å². The predicted octanol–water partition coefficient (Wildman–Crippen LogP) is 1.54. The Morgan fingerprint density at radius 2 is 1.78 bits per heavy atom. The maximum atomic E-state index is 3.62. The number of nitrogens with zero attached hydrogens (tertiary/aromatic N) is 2. The van der Waals surface area contributed by atoms with Crippen molar-refractivity contribution in [2.24, 2.45) is 5.92 Å². The molecule has 0 spiro atoms. The lowest BCUT2D eigenvalue weighted by molar-refractivity contribution is 0.0942. The molecular weight excluding hydrogens is 222 g/mol. The molecule has 1 saturated heterocycles. The van der Waals surface area contributed by atoms with E-state index in [2.05, 4.69) is 22.0 Å². The van der Waals surface area contributed by atoms with E-state index in [1.165, 1.54) is 64.8 Å². The van der Waals surface area contributed by atoms with Crippen LogP contribution in [0.3, 0.4) is 0 Å². The van der Waals surface area contributed by atoms with Crippen molar-refractivity contribution in [2.45, 2.75) is 51.1 Å². The zero-order valence-corrected chi connectivity index (χ0v) is 11.9. The summed E-state index contributed by atoms with van der Waals surface area (Å²) in [6.07, 6.45) is 7.18. The lowest BCUT2D eigenvalue weighted by Gasteiger charge is -2.38. The predicted molar refractivity (Wildman–Crippen MR) is 75.8 cm³/mol. The fourth-order valence-electron chi connectivity index (χ4n) is 3.74. The summed E-state index contributed by atoms with van der Waals surface area (Å²) in [4.78, 5) is 5.46. The van der Waals surface area contributed by atoms with E-state index in [9.17, 15) is 0 Å². The van der Waals surface area contributed by atoms with E-state index in [0.717, 1.165) is 24.5 Å². The van der Waals surface area contributed by atoms with E-state index in [4.69, 9.17) is 0 Å². The van der Waals surface area contributed by atoms with Gasteiger partial charge in [-0.3, -0.25) is 4.90 Å². The first-order valence-corrected chi connectivity index (χ1v) is 8.05. The van der Waals surface area contributed by atoms with Crippen LogP contribution in [0.25, 0.3) is 0 Å². The van der Waals surface area contributed by atoms with Crippen molar-refractivity contribution in [3.8, 4) is 0 Å². The van der Waals surface area contributed by atoms with E-state index < -0.39 is 0 Å². The molecular formula is C15H29N3. The summed E-state index contributed by atoms with van der Waals surface area (Å²) in [6.45, 7) is 10.0. The Labute approximate surface area is 112 Å². The number of rotatable bonds is 5. The van der Waals surface area contributed by atoms with Gasteiger partial charge in [-0.05, 0) is 44.6 Å². The van der Waals surface area contributed by atoms with Gasteiger partial charge in [0.1, 0.15) is 0 Å². The van der Waals surface area contributed by atoms with Gasteiger partial charge < -0.3 is 10.2 Å². The second kappa shape index (κ2) is 5.89. The molecule has 1 N–H and O–H groups in total. The first-order chi connectivity index (χ1) is 8.85. The molecule has 2 saturated carbocycles. The van der Waals surface area contributed by atoms with Crippen molar-refractivity contribution in [1.82, 2.24) is 15.1 Å². The van der Waals surface area contributed by atoms with Gasteiger partial charge in [-0.25, -0.2) is 0 Å². The largest absolute Gasteiger partial charge is 0.314 e. The van der Waals surface area contributed by atoms with Gasteiger partial charge in [0.05, 0.1) is 0 Å². The van der Waals surface area contributed by atoms with Crippen LogP contribution in [0.2, 0.25) is 0 Å². The van der Waals surface area contributed by atoms with Crippen LogP contribution in [0.15, 0.2) is 0 Å². The van der Waals surface area contributed by atoms with Gasteiger partial charge in [-0.15, -0.1) is 0 Å². The Morgan fingerprint density at radius 3 is 2.44 bits per heavy atom. The summed E-state index contributed by atoms with van der Waals surface area (Å²) in [5, 5.41) is 3.62. The van der Waals surface area contributed by atoms with E-state index >= 15 is 0 Å². The van der Waals surface area contributed by atoms with Gasteiger partial charge in [-0.2, -0.15) is 0 Å². The number of piperazine rings is 1. The molecule has 3 fully saturated rings. The normalized spacial score (nSPS) is 35.2. The fourth-order valence-corrected chi connectivity index (χ4v) is 3.74. The number of hydrogen-bond donors (Lipinski definition) is 1. The van der Waals surface area contributed by atoms with Crippen LogP contribution < -0.4 is 5.32 Å². The molecule has 3 nitrogen and oxygen atoms in total. The minimum Gasteiger partial charge on any atom is -0.314 e. The smallest absolute Gasteiger partial charge is 0.0113 e. The van der Waals surface area contributed by atoms with Gasteiger partial charge >= 0.3 is 0 Å². The van der Waals surface area contributed by atoms with Crippen molar-refractivity contribution in [3.05, 3.63) is 0 Å². The maximum absolute atomic E-state index is 3.62. The van der Waals surface area contributed by atoms with Gasteiger partial charge in [0.25, 0.3) is 0 Å². The molecule has 0 aromatic carbocycles. The lowest BCUT2D eigenvalue weighted by Crippen LogP contribution is -2.50. The van der Waals surface area contributed by atoms with Crippen LogP contribution in [0.1, 0.15) is 39.0 Å². The first-order valence-electron chi connectivity index (χ1n) is 8.05. The summed E-state index contributed by atoms with van der Waals surface area (Å²) in [5.74, 6) is 1.06. The summed E-state index contributed by atoms with van der Waals surface area (Å²) in [6, 6.07) is 1.67. The highest BCUT2D eigenvalue weighted by Crippen LogP contribution is 2.30. The third-order valence-corrected chi connectivity index (χ3v) is 5.03. The molecule has 2 aliphatic carbocycles. The topological polar surface area (TPSA) is 18.5 Å². The third-order valence-electron chi connectivity index (χ3n) is 5.03. The molecule has 1 heterocycles. The standard InChI is InChI=1S/C15H29N3/c1-2-16-14-5-6-15(11-14)18-9-7-17(8-10-18)12-13-3-4-13/h13-16H,2-12H2,1H3. The molecule has 2 unspecified atom stereocenters. The van der Waals surface area contributed by atoms with Crippen LogP contribution >= 0.6 is 0 Å². The van der Waals surface area contributed by atoms with Crippen LogP contribution in [-0.2, 0) is 0 Å². The summed E-state index contributed by atoms with van der Waals surface area (Å²) in [7, 11) is 0. The molecule has 3 heteroatoms. The van der Waals surface area contributed by atoms with E-state index in [-0.39, 0.29) is 0 Å². The van der Waals surface area contributed by atoms with Crippen LogP contribution in [-0.4, -0.2) is 61.2 Å². The fraction of sp³-hybridized carbons (Fsp3) is 1.00. The first kappa shape index (κ1) is 12.9. The Hall–Kier alpha value is -0.120. The minimum absolute atomic E-state index is 0.796. The van der Waals surface area contributed by atoms with Crippen molar-refractivity contribution in [2.75, 3.05) is 39.3 Å². The molecule has 0 bridgehead atoms. The molecule has 0 aromatic rings. The monoisotopic (exact) mass is 251 g/mol. The molecule has 3 rings (SSSR count). The molecule has 1 aliphatic heterocycles. The molecule has 0 amide bonds. The molecule has 0 aromatic heterocycles. The third kappa shape index (κ3) is 3.25. The zero-order chi connectivity index (χ0) is 12.4. The van der Waals surface area contributed by atoms with Gasteiger partial charge in [0.2, 0.25) is 0 Å². The van der Waals surface area contributed by atoms with Gasteiger partial charge in [-0.1, -0.05) is 6.92 Å². The summed E-state index contributed by atoms with van der Waals surface area (Å²) >= 11 is 0. The summed E-state index contributed by atoms with van der Waals surface area (Å²) < 4.78 is 0. The molecule has 104 valence electrons. The molecule has 3 aliphatic rings. The van der Waals surface area contributed by atoms with Crippen molar-refractivity contribution >= 4 is 0 Å². The minimum atomic E-state index is 0.796. The van der Waals surface area contributed by atoms with Gasteiger partial charge in [0.15, 0.2) is 0 Å². The Morgan fingerprint density at radius 1 is 1.00 bits per heavy atom. The highest BCUT2D eigenvalue weighted by molar-refractivity contribution is 4.89. The van der Waals surface area contributed by atoms with Crippen LogP contribution in [0.4, 0.5) is 0 Å². The molecule has 18 heavy (non-hydrogen) atoms. The average Bonchev–Trinajstić information content (AvgIpc) is 3.07. The van der Waals surface area contributed by atoms with Crippen LogP contribution in [0, 0.1) is 5.92 Å².